The van der Waals surface area contributed by atoms with Crippen molar-refractivity contribution in [2.45, 2.75) is 56.5 Å². The molecule has 35 heavy (non-hydrogen) atoms. The van der Waals surface area contributed by atoms with Crippen LogP contribution in [0.2, 0.25) is 0 Å². The summed E-state index contributed by atoms with van der Waals surface area (Å²) in [6.45, 7) is 7.45. The van der Waals surface area contributed by atoms with E-state index in [1.54, 1.807) is 0 Å². The maximum atomic E-state index is 14.6. The Bertz CT molecular complexity index is 1350. The maximum absolute atomic E-state index is 14.6. The van der Waals surface area contributed by atoms with Crippen molar-refractivity contribution in [2.75, 3.05) is 34.5 Å². The van der Waals surface area contributed by atoms with Gasteiger partial charge in [-0.15, -0.1) is 0 Å². The zero-order valence-electron chi connectivity index (χ0n) is 20.1. The highest BCUT2D eigenvalue weighted by Gasteiger charge is 2.42. The number of anilines is 4. The van der Waals surface area contributed by atoms with Crippen LogP contribution in [0.1, 0.15) is 44.0 Å². The number of piperazine rings is 1. The first-order valence-corrected chi connectivity index (χ1v) is 13.5. The van der Waals surface area contributed by atoms with Gasteiger partial charge in [0.2, 0.25) is 0 Å². The quantitative estimate of drug-likeness (QED) is 0.538. The maximum Gasteiger partial charge on any atom is 0.324 e. The van der Waals surface area contributed by atoms with Gasteiger partial charge in [0.1, 0.15) is 23.8 Å². The summed E-state index contributed by atoms with van der Waals surface area (Å²) in [6, 6.07) is 4.78. The van der Waals surface area contributed by atoms with Crippen LogP contribution in [0, 0.1) is 12.7 Å². The Kier molecular flexibility index (Phi) is 5.86. The van der Waals surface area contributed by atoms with Crippen LogP contribution in [-0.4, -0.2) is 60.0 Å². The summed E-state index contributed by atoms with van der Waals surface area (Å²) < 4.78 is 43.6. The Morgan fingerprint density at radius 3 is 2.49 bits per heavy atom. The molecule has 10 nitrogen and oxygen atoms in total. The lowest BCUT2D eigenvalue weighted by Gasteiger charge is -2.41. The van der Waals surface area contributed by atoms with E-state index in [-0.39, 0.29) is 28.6 Å². The first-order valence-electron chi connectivity index (χ1n) is 11.6. The van der Waals surface area contributed by atoms with Crippen LogP contribution >= 0.6 is 0 Å². The van der Waals surface area contributed by atoms with Crippen LogP contribution < -0.4 is 15.1 Å². The van der Waals surface area contributed by atoms with E-state index in [0.29, 0.717) is 17.7 Å². The molecule has 0 amide bonds. The minimum Gasteiger partial charge on any atom is -0.347 e. The zero-order chi connectivity index (χ0) is 24.9. The van der Waals surface area contributed by atoms with E-state index in [1.807, 2.05) is 20.8 Å². The predicted octanol–water partition coefficient (Wildman–Crippen LogP) is 3.44. The highest BCUT2D eigenvalue weighted by molar-refractivity contribution is 7.90. The summed E-state index contributed by atoms with van der Waals surface area (Å²) >= 11 is 0. The smallest absolute Gasteiger partial charge is 0.324 e. The molecule has 2 atom stereocenters. The number of sulfone groups is 1. The van der Waals surface area contributed by atoms with Crippen molar-refractivity contribution in [1.29, 1.82) is 0 Å². The van der Waals surface area contributed by atoms with Gasteiger partial charge in [-0.25, -0.2) is 22.8 Å². The number of aromatic nitrogens is 4. The van der Waals surface area contributed by atoms with E-state index in [4.69, 9.17) is 4.52 Å². The third-order valence-corrected chi connectivity index (χ3v) is 7.73. The van der Waals surface area contributed by atoms with Crippen molar-refractivity contribution in [1.82, 2.24) is 20.1 Å². The molecule has 2 aliphatic rings. The van der Waals surface area contributed by atoms with Gasteiger partial charge in [-0.1, -0.05) is 19.0 Å². The summed E-state index contributed by atoms with van der Waals surface area (Å²) in [5, 5.41) is 7.10. The highest BCUT2D eigenvalue weighted by Crippen LogP contribution is 2.38. The van der Waals surface area contributed by atoms with Crippen molar-refractivity contribution >= 4 is 33.2 Å². The van der Waals surface area contributed by atoms with Crippen LogP contribution in [-0.2, 0) is 9.84 Å². The van der Waals surface area contributed by atoms with Gasteiger partial charge in [-0.2, -0.15) is 4.98 Å². The lowest BCUT2D eigenvalue weighted by Crippen LogP contribution is -2.54. The van der Waals surface area contributed by atoms with E-state index < -0.39 is 15.7 Å². The van der Waals surface area contributed by atoms with E-state index in [2.05, 4.69) is 35.2 Å². The average molecular weight is 502 g/mol. The topological polar surface area (TPSA) is 117 Å². The van der Waals surface area contributed by atoms with E-state index in [0.717, 1.165) is 49.6 Å². The number of hydrogen-bond acceptors (Lipinski definition) is 10. The molecule has 4 heterocycles. The second-order valence-electron chi connectivity index (χ2n) is 9.50. The van der Waals surface area contributed by atoms with Crippen molar-refractivity contribution in [3.8, 4) is 0 Å². The molecular formula is C23H28FN7O3S. The summed E-state index contributed by atoms with van der Waals surface area (Å²) in [7, 11) is -3.50. The predicted molar refractivity (Wildman–Crippen MR) is 129 cm³/mol. The molecule has 2 unspecified atom stereocenters. The number of nitrogens with one attached hydrogen (secondary N) is 1. The first-order chi connectivity index (χ1) is 16.6. The van der Waals surface area contributed by atoms with Gasteiger partial charge in [-0.3, -0.25) is 0 Å². The average Bonchev–Trinajstić information content (AvgIpc) is 3.39. The van der Waals surface area contributed by atoms with Gasteiger partial charge in [0.05, 0.1) is 10.6 Å². The molecule has 186 valence electrons. The minimum atomic E-state index is -3.50. The SMILES string of the molecule is Cc1c(Nc2ccc(S(C)(=O)=O)cc2F)ncnc1N1C2CCC1CN(c1nc(C(C)C)no1)C2. The standard InChI is InChI=1S/C23H28FN7O3S/c1-13(2)20-28-23(34-29-20)30-10-15-5-6-16(11-30)31(15)22-14(3)21(25-12-26-22)27-19-8-7-17(9-18(19)24)35(4,32)33/h7-9,12-13,15-16H,5-6,10-11H2,1-4H3,(H,25,26,27). The largest absolute Gasteiger partial charge is 0.347 e. The fourth-order valence-corrected chi connectivity index (χ4v) is 5.41. The number of hydrogen-bond donors (Lipinski definition) is 1. The Balaban J connectivity index is 1.37. The third-order valence-electron chi connectivity index (χ3n) is 6.62. The highest BCUT2D eigenvalue weighted by atomic mass is 32.2. The van der Waals surface area contributed by atoms with Crippen molar-refractivity contribution < 1.29 is 17.3 Å². The fraction of sp³-hybridized carbons (Fsp3) is 0.478. The molecule has 1 N–H and O–H groups in total. The Hall–Kier alpha value is -3.28. The van der Waals surface area contributed by atoms with Gasteiger partial charge < -0.3 is 19.6 Å². The van der Waals surface area contributed by atoms with Crippen LogP contribution in [0.5, 0.6) is 0 Å². The Labute approximate surface area is 203 Å². The molecule has 3 aromatic rings. The molecular weight excluding hydrogens is 473 g/mol. The normalized spacial score (nSPS) is 20.1. The van der Waals surface area contributed by atoms with Gasteiger partial charge in [-0.05, 0) is 38.0 Å². The van der Waals surface area contributed by atoms with Crippen molar-refractivity contribution in [3.05, 3.63) is 41.7 Å². The molecule has 2 aliphatic heterocycles. The number of fused-ring (bicyclic) bond motifs is 2. The minimum absolute atomic E-state index is 0.0724. The van der Waals surface area contributed by atoms with Crippen LogP contribution in [0.15, 0.2) is 33.9 Å². The molecule has 0 saturated carbocycles. The molecule has 2 fully saturated rings. The monoisotopic (exact) mass is 501 g/mol. The second-order valence-corrected chi connectivity index (χ2v) is 11.5. The summed E-state index contributed by atoms with van der Waals surface area (Å²) in [5.74, 6) is 1.51. The summed E-state index contributed by atoms with van der Waals surface area (Å²) in [5.41, 5.74) is 0.944. The summed E-state index contributed by atoms with van der Waals surface area (Å²) in [6.07, 6.45) is 4.54. The molecule has 2 aromatic heterocycles. The molecule has 2 bridgehead atoms. The molecule has 2 saturated heterocycles. The molecule has 0 spiro atoms. The fourth-order valence-electron chi connectivity index (χ4n) is 4.78. The Morgan fingerprint density at radius 2 is 1.89 bits per heavy atom. The van der Waals surface area contributed by atoms with Crippen molar-refractivity contribution in [2.24, 2.45) is 0 Å². The first kappa shape index (κ1) is 23.5. The molecule has 0 aliphatic carbocycles. The van der Waals surface area contributed by atoms with Crippen LogP contribution in [0.25, 0.3) is 0 Å². The molecule has 1 aromatic carbocycles. The lowest BCUT2D eigenvalue weighted by atomic mass is 10.1. The van der Waals surface area contributed by atoms with Crippen LogP contribution in [0.4, 0.5) is 27.7 Å². The van der Waals surface area contributed by atoms with Gasteiger partial charge in [0, 0.05) is 42.9 Å². The number of rotatable bonds is 6. The Morgan fingerprint density at radius 1 is 1.17 bits per heavy atom. The van der Waals surface area contributed by atoms with E-state index >= 15 is 0 Å². The molecule has 5 rings (SSSR count). The van der Waals surface area contributed by atoms with Crippen LogP contribution in [0.3, 0.4) is 0 Å². The zero-order valence-corrected chi connectivity index (χ0v) is 20.9. The number of nitrogens with zero attached hydrogens (tertiary/aromatic N) is 6. The van der Waals surface area contributed by atoms with E-state index in [9.17, 15) is 12.8 Å². The van der Waals surface area contributed by atoms with Gasteiger partial charge >= 0.3 is 6.01 Å². The van der Waals surface area contributed by atoms with Gasteiger partial charge in [0.15, 0.2) is 15.7 Å². The summed E-state index contributed by atoms with van der Waals surface area (Å²) in [4.78, 5) is 17.8. The van der Waals surface area contributed by atoms with Gasteiger partial charge in [0.25, 0.3) is 0 Å². The second kappa shape index (κ2) is 8.74. The number of benzene rings is 1. The lowest BCUT2D eigenvalue weighted by molar-refractivity contribution is 0.390. The number of halogens is 1. The van der Waals surface area contributed by atoms with Crippen molar-refractivity contribution in [3.63, 3.8) is 0 Å². The third kappa shape index (κ3) is 4.42. The van der Waals surface area contributed by atoms with E-state index in [1.165, 1.54) is 18.5 Å². The molecule has 0 radical (unpaired) electrons. The molecule has 12 heteroatoms.